The first-order valence-corrected chi connectivity index (χ1v) is 7.00. The molecule has 2 rings (SSSR count). The van der Waals surface area contributed by atoms with Crippen molar-refractivity contribution in [2.75, 3.05) is 11.9 Å². The second-order valence-corrected chi connectivity index (χ2v) is 4.86. The Bertz CT molecular complexity index is 637. The zero-order valence-electron chi connectivity index (χ0n) is 10.6. The van der Waals surface area contributed by atoms with Gasteiger partial charge < -0.3 is 10.1 Å². The SMILES string of the molecule is CCOc1cccc(C(=O)Nc2ccc(Cl)nc2Br)n1. The number of rotatable bonds is 4. The van der Waals surface area contributed by atoms with Crippen LogP contribution in [0.4, 0.5) is 5.69 Å². The van der Waals surface area contributed by atoms with Crippen LogP contribution in [-0.4, -0.2) is 22.5 Å². The van der Waals surface area contributed by atoms with Crippen molar-refractivity contribution >= 4 is 39.1 Å². The van der Waals surface area contributed by atoms with Crippen LogP contribution in [0, 0.1) is 0 Å². The van der Waals surface area contributed by atoms with Crippen LogP contribution in [0.3, 0.4) is 0 Å². The molecule has 0 aliphatic heterocycles. The predicted molar refractivity (Wildman–Crippen MR) is 80.3 cm³/mol. The minimum absolute atomic E-state index is 0.262. The van der Waals surface area contributed by atoms with Crippen LogP contribution in [0.1, 0.15) is 17.4 Å². The average molecular weight is 357 g/mol. The molecule has 0 saturated carbocycles. The number of amides is 1. The summed E-state index contributed by atoms with van der Waals surface area (Å²) in [5.41, 5.74) is 0.779. The molecule has 0 unspecified atom stereocenters. The maximum Gasteiger partial charge on any atom is 0.274 e. The van der Waals surface area contributed by atoms with E-state index in [0.29, 0.717) is 27.9 Å². The van der Waals surface area contributed by atoms with E-state index in [9.17, 15) is 4.79 Å². The fourth-order valence-corrected chi connectivity index (χ4v) is 2.13. The van der Waals surface area contributed by atoms with Crippen molar-refractivity contribution in [2.45, 2.75) is 6.92 Å². The lowest BCUT2D eigenvalue weighted by atomic mass is 10.3. The first-order valence-electron chi connectivity index (χ1n) is 5.83. The van der Waals surface area contributed by atoms with Gasteiger partial charge in [-0.1, -0.05) is 17.7 Å². The number of carbonyl (C=O) groups excluding carboxylic acids is 1. The number of ether oxygens (including phenoxy) is 1. The Morgan fingerprint density at radius 1 is 1.35 bits per heavy atom. The molecule has 1 amide bonds. The maximum absolute atomic E-state index is 12.1. The molecule has 5 nitrogen and oxygen atoms in total. The molecule has 0 bridgehead atoms. The number of hydrogen-bond donors (Lipinski definition) is 1. The van der Waals surface area contributed by atoms with Gasteiger partial charge in [0.2, 0.25) is 5.88 Å². The van der Waals surface area contributed by atoms with Crippen molar-refractivity contribution in [3.8, 4) is 5.88 Å². The van der Waals surface area contributed by atoms with Crippen LogP contribution in [0.25, 0.3) is 0 Å². The molecule has 2 aromatic heterocycles. The number of anilines is 1. The molecule has 0 aliphatic carbocycles. The molecule has 2 aromatic rings. The third-order valence-corrected chi connectivity index (χ3v) is 3.13. The lowest BCUT2D eigenvalue weighted by Gasteiger charge is -2.07. The van der Waals surface area contributed by atoms with Gasteiger partial charge in [0.05, 0.1) is 12.3 Å². The first-order chi connectivity index (χ1) is 9.60. The number of carbonyl (C=O) groups is 1. The lowest BCUT2D eigenvalue weighted by molar-refractivity contribution is 0.102. The zero-order chi connectivity index (χ0) is 14.5. The lowest BCUT2D eigenvalue weighted by Crippen LogP contribution is -2.14. The summed E-state index contributed by atoms with van der Waals surface area (Å²) in [4.78, 5) is 20.2. The van der Waals surface area contributed by atoms with Gasteiger partial charge in [-0.05, 0) is 41.1 Å². The van der Waals surface area contributed by atoms with Crippen LogP contribution in [0.2, 0.25) is 5.15 Å². The van der Waals surface area contributed by atoms with Crippen molar-refractivity contribution in [3.63, 3.8) is 0 Å². The van der Waals surface area contributed by atoms with Crippen LogP contribution in [-0.2, 0) is 0 Å². The first kappa shape index (κ1) is 14.7. The van der Waals surface area contributed by atoms with Crippen molar-refractivity contribution < 1.29 is 9.53 Å². The summed E-state index contributed by atoms with van der Waals surface area (Å²) in [5, 5.41) is 3.04. The minimum Gasteiger partial charge on any atom is -0.478 e. The molecule has 0 aromatic carbocycles. The monoisotopic (exact) mass is 355 g/mol. The number of halogens is 2. The van der Waals surface area contributed by atoms with E-state index in [4.69, 9.17) is 16.3 Å². The summed E-state index contributed by atoms with van der Waals surface area (Å²) < 4.78 is 5.71. The molecule has 0 saturated heterocycles. The largest absolute Gasteiger partial charge is 0.478 e. The van der Waals surface area contributed by atoms with Crippen LogP contribution < -0.4 is 10.1 Å². The van der Waals surface area contributed by atoms with Gasteiger partial charge in [-0.3, -0.25) is 4.79 Å². The molecule has 0 radical (unpaired) electrons. The fourth-order valence-electron chi connectivity index (χ4n) is 1.46. The van der Waals surface area contributed by atoms with Crippen LogP contribution in [0.15, 0.2) is 34.9 Å². The Kier molecular flexibility index (Phi) is 4.92. The normalized spacial score (nSPS) is 10.2. The molecule has 0 fully saturated rings. The third-order valence-electron chi connectivity index (χ3n) is 2.31. The van der Waals surface area contributed by atoms with Gasteiger partial charge in [-0.25, -0.2) is 9.97 Å². The zero-order valence-corrected chi connectivity index (χ0v) is 12.9. The highest BCUT2D eigenvalue weighted by molar-refractivity contribution is 9.10. The number of hydrogen-bond acceptors (Lipinski definition) is 4. The second kappa shape index (κ2) is 6.67. The quantitative estimate of drug-likeness (QED) is 0.851. The van der Waals surface area contributed by atoms with E-state index in [2.05, 4.69) is 31.2 Å². The molecule has 0 aliphatic rings. The van der Waals surface area contributed by atoms with Crippen molar-refractivity contribution in [1.29, 1.82) is 0 Å². The highest BCUT2D eigenvalue weighted by Crippen LogP contribution is 2.22. The average Bonchev–Trinajstić information content (AvgIpc) is 2.42. The van der Waals surface area contributed by atoms with Gasteiger partial charge in [-0.2, -0.15) is 0 Å². The summed E-state index contributed by atoms with van der Waals surface area (Å²) >= 11 is 8.98. The standard InChI is InChI=1S/C13H11BrClN3O2/c1-2-20-11-5-3-4-9(16-11)13(19)17-8-6-7-10(15)18-12(8)14/h3-7H,2H2,1H3,(H,17,19). The Morgan fingerprint density at radius 3 is 2.85 bits per heavy atom. The summed E-state index contributed by atoms with van der Waals surface area (Å²) in [6.07, 6.45) is 0. The van der Waals surface area contributed by atoms with E-state index in [1.165, 1.54) is 0 Å². The van der Waals surface area contributed by atoms with Crippen LogP contribution in [0.5, 0.6) is 5.88 Å². The van der Waals surface area contributed by atoms with Gasteiger partial charge in [0.15, 0.2) is 0 Å². The van der Waals surface area contributed by atoms with Gasteiger partial charge >= 0.3 is 0 Å². The molecule has 7 heteroatoms. The Hall–Kier alpha value is -1.66. The summed E-state index contributed by atoms with van der Waals surface area (Å²) in [6, 6.07) is 8.26. The maximum atomic E-state index is 12.1. The summed E-state index contributed by atoms with van der Waals surface area (Å²) in [5.74, 6) is 0.0600. The molecule has 1 N–H and O–H groups in total. The van der Waals surface area contributed by atoms with Crippen LogP contribution >= 0.6 is 27.5 Å². The van der Waals surface area contributed by atoms with E-state index < -0.39 is 0 Å². The molecule has 2 heterocycles. The number of nitrogens with zero attached hydrogens (tertiary/aromatic N) is 2. The summed E-state index contributed by atoms with van der Waals surface area (Å²) in [7, 11) is 0. The Morgan fingerprint density at radius 2 is 2.15 bits per heavy atom. The highest BCUT2D eigenvalue weighted by Gasteiger charge is 2.11. The second-order valence-electron chi connectivity index (χ2n) is 3.72. The van der Waals surface area contributed by atoms with E-state index >= 15 is 0 Å². The van der Waals surface area contributed by atoms with Gasteiger partial charge in [-0.15, -0.1) is 0 Å². The Labute approximate surface area is 129 Å². The molecule has 20 heavy (non-hydrogen) atoms. The number of nitrogens with one attached hydrogen (secondary N) is 1. The molecule has 104 valence electrons. The number of pyridine rings is 2. The third kappa shape index (κ3) is 3.68. The minimum atomic E-state index is -0.351. The molecule has 0 atom stereocenters. The molecular weight excluding hydrogens is 346 g/mol. The van der Waals surface area contributed by atoms with Crippen molar-refractivity contribution in [1.82, 2.24) is 9.97 Å². The van der Waals surface area contributed by atoms with Gasteiger partial charge in [0.1, 0.15) is 15.5 Å². The summed E-state index contributed by atoms with van der Waals surface area (Å²) in [6.45, 7) is 2.34. The van der Waals surface area contributed by atoms with E-state index in [0.717, 1.165) is 0 Å². The van der Waals surface area contributed by atoms with E-state index in [1.54, 1.807) is 30.3 Å². The molecular formula is C13H11BrClN3O2. The van der Waals surface area contributed by atoms with Crippen molar-refractivity contribution in [2.24, 2.45) is 0 Å². The highest BCUT2D eigenvalue weighted by atomic mass is 79.9. The van der Waals surface area contributed by atoms with Gasteiger partial charge in [0.25, 0.3) is 5.91 Å². The predicted octanol–water partition coefficient (Wildman–Crippen LogP) is 3.54. The smallest absolute Gasteiger partial charge is 0.274 e. The van der Waals surface area contributed by atoms with Gasteiger partial charge in [0, 0.05) is 6.07 Å². The number of aromatic nitrogens is 2. The van der Waals surface area contributed by atoms with E-state index in [1.807, 2.05) is 6.92 Å². The van der Waals surface area contributed by atoms with Crippen molar-refractivity contribution in [3.05, 3.63) is 45.8 Å². The fraction of sp³-hybridized carbons (Fsp3) is 0.154. The van der Waals surface area contributed by atoms with E-state index in [-0.39, 0.29) is 11.6 Å². The topological polar surface area (TPSA) is 64.1 Å². The Balaban J connectivity index is 2.17. The molecule has 0 spiro atoms.